The molecule has 1 unspecified atom stereocenters. The van der Waals surface area contributed by atoms with Gasteiger partial charge in [-0.1, -0.05) is 18.2 Å². The van der Waals surface area contributed by atoms with Gasteiger partial charge in [0.25, 0.3) is 0 Å². The van der Waals surface area contributed by atoms with Crippen LogP contribution in [0.2, 0.25) is 0 Å². The van der Waals surface area contributed by atoms with Crippen molar-refractivity contribution in [3.8, 4) is 0 Å². The van der Waals surface area contributed by atoms with Crippen molar-refractivity contribution in [2.45, 2.75) is 26.3 Å². The predicted molar refractivity (Wildman–Crippen MR) is 129 cm³/mol. The van der Waals surface area contributed by atoms with Crippen LogP contribution in [0.3, 0.4) is 0 Å². The summed E-state index contributed by atoms with van der Waals surface area (Å²) in [6.45, 7) is 6.08. The molecular formula is C24H30N8. The molecule has 1 atom stereocenters. The fourth-order valence-electron chi connectivity index (χ4n) is 4.81. The number of aryl methyl sites for hydroxylation is 1. The van der Waals surface area contributed by atoms with E-state index in [1.807, 2.05) is 0 Å². The van der Waals surface area contributed by atoms with E-state index in [9.17, 15) is 0 Å². The number of rotatable bonds is 6. The first-order valence-corrected chi connectivity index (χ1v) is 11.3. The summed E-state index contributed by atoms with van der Waals surface area (Å²) in [6, 6.07) is 8.61. The van der Waals surface area contributed by atoms with E-state index < -0.39 is 0 Å². The van der Waals surface area contributed by atoms with E-state index in [0.29, 0.717) is 12.5 Å². The zero-order valence-electron chi connectivity index (χ0n) is 19.0. The number of likely N-dealkylation sites (tertiary alicyclic amines) is 1. The number of nitrogens with zero attached hydrogens (tertiary/aromatic N) is 6. The lowest BCUT2D eigenvalue weighted by molar-refractivity contribution is 0.213. The number of anilines is 2. The molecule has 5 rings (SSSR count). The third-order valence-corrected chi connectivity index (χ3v) is 6.38. The van der Waals surface area contributed by atoms with Crippen LogP contribution in [0, 0.1) is 12.8 Å². The maximum atomic E-state index is 5.14. The van der Waals surface area contributed by atoms with Crippen LogP contribution in [0.5, 0.6) is 0 Å². The smallest absolute Gasteiger partial charge is 0.162 e. The summed E-state index contributed by atoms with van der Waals surface area (Å²) in [7, 11) is 4.39. The number of para-hydroxylation sites is 1. The lowest BCUT2D eigenvalue weighted by Gasteiger charge is -2.33. The SMILES string of the molecule is Cc1cccc2cc(CNc3ncnc4[nH]cnc34)c(N(C)CC3CCCN(C)C3)nc12. The molecule has 4 aromatic rings. The minimum absolute atomic E-state index is 0.611. The van der Waals surface area contributed by atoms with E-state index in [1.54, 1.807) is 12.7 Å². The van der Waals surface area contributed by atoms with Gasteiger partial charge in [0.05, 0.1) is 11.8 Å². The van der Waals surface area contributed by atoms with Crippen molar-refractivity contribution >= 4 is 33.7 Å². The summed E-state index contributed by atoms with van der Waals surface area (Å²) < 4.78 is 0. The molecule has 2 N–H and O–H groups in total. The Morgan fingerprint density at radius 2 is 2.12 bits per heavy atom. The highest BCUT2D eigenvalue weighted by atomic mass is 15.2. The number of fused-ring (bicyclic) bond motifs is 2. The fraction of sp³-hybridized carbons (Fsp3) is 0.417. The van der Waals surface area contributed by atoms with Gasteiger partial charge in [0, 0.05) is 37.6 Å². The van der Waals surface area contributed by atoms with Crippen molar-refractivity contribution in [3.63, 3.8) is 0 Å². The minimum Gasteiger partial charge on any atom is -0.364 e. The Kier molecular flexibility index (Phi) is 5.61. The van der Waals surface area contributed by atoms with Crippen molar-refractivity contribution < 1.29 is 0 Å². The zero-order valence-corrected chi connectivity index (χ0v) is 19.0. The zero-order chi connectivity index (χ0) is 22.1. The number of piperidine rings is 1. The Hall–Kier alpha value is -3.26. The maximum Gasteiger partial charge on any atom is 0.162 e. The first kappa shape index (κ1) is 20.6. The van der Waals surface area contributed by atoms with Gasteiger partial charge in [0.1, 0.15) is 17.7 Å². The molecule has 0 amide bonds. The number of pyridine rings is 1. The van der Waals surface area contributed by atoms with Gasteiger partial charge >= 0.3 is 0 Å². The Morgan fingerprint density at radius 3 is 3.00 bits per heavy atom. The first-order chi connectivity index (χ1) is 15.6. The molecule has 0 spiro atoms. The first-order valence-electron chi connectivity index (χ1n) is 11.3. The Bertz CT molecular complexity index is 1230. The summed E-state index contributed by atoms with van der Waals surface area (Å²) in [5.41, 5.74) is 4.89. The molecule has 0 bridgehead atoms. The molecule has 1 saturated heterocycles. The topological polar surface area (TPSA) is 85.9 Å². The molecule has 4 heterocycles. The summed E-state index contributed by atoms with van der Waals surface area (Å²) in [4.78, 5) is 25.9. The average Bonchev–Trinajstić information content (AvgIpc) is 3.27. The van der Waals surface area contributed by atoms with E-state index in [0.717, 1.165) is 52.4 Å². The molecule has 3 aromatic heterocycles. The van der Waals surface area contributed by atoms with E-state index >= 15 is 0 Å². The molecule has 8 nitrogen and oxygen atoms in total. The molecule has 0 aliphatic carbocycles. The lowest BCUT2D eigenvalue weighted by Crippen LogP contribution is -2.38. The maximum absolute atomic E-state index is 5.14. The molecule has 1 aromatic carbocycles. The van der Waals surface area contributed by atoms with Gasteiger partial charge in [-0.15, -0.1) is 0 Å². The Balaban J connectivity index is 1.46. The average molecular weight is 431 g/mol. The fourth-order valence-corrected chi connectivity index (χ4v) is 4.81. The number of hydrogen-bond acceptors (Lipinski definition) is 7. The molecule has 0 radical (unpaired) electrons. The van der Waals surface area contributed by atoms with Crippen LogP contribution in [0.25, 0.3) is 22.1 Å². The molecule has 1 aliphatic rings. The highest BCUT2D eigenvalue weighted by Gasteiger charge is 2.21. The van der Waals surface area contributed by atoms with Crippen molar-refractivity contribution in [1.82, 2.24) is 29.8 Å². The number of hydrogen-bond donors (Lipinski definition) is 2. The van der Waals surface area contributed by atoms with Crippen LogP contribution in [0.4, 0.5) is 11.6 Å². The van der Waals surface area contributed by atoms with E-state index in [2.05, 4.69) is 80.3 Å². The number of aromatic nitrogens is 5. The second-order valence-corrected chi connectivity index (χ2v) is 8.94. The van der Waals surface area contributed by atoms with E-state index in [-0.39, 0.29) is 0 Å². The largest absolute Gasteiger partial charge is 0.364 e. The molecule has 32 heavy (non-hydrogen) atoms. The minimum atomic E-state index is 0.611. The van der Waals surface area contributed by atoms with Crippen LogP contribution in [0.15, 0.2) is 36.9 Å². The third-order valence-electron chi connectivity index (χ3n) is 6.38. The van der Waals surface area contributed by atoms with Crippen LogP contribution >= 0.6 is 0 Å². The van der Waals surface area contributed by atoms with Crippen molar-refractivity contribution in [2.75, 3.05) is 43.9 Å². The quantitative estimate of drug-likeness (QED) is 0.483. The highest BCUT2D eigenvalue weighted by Crippen LogP contribution is 2.28. The van der Waals surface area contributed by atoms with Crippen molar-refractivity contribution in [1.29, 1.82) is 0 Å². The van der Waals surface area contributed by atoms with Gasteiger partial charge in [-0.05, 0) is 50.9 Å². The van der Waals surface area contributed by atoms with Gasteiger partial charge in [0.2, 0.25) is 0 Å². The van der Waals surface area contributed by atoms with Crippen LogP contribution in [-0.2, 0) is 6.54 Å². The van der Waals surface area contributed by atoms with Gasteiger partial charge < -0.3 is 20.1 Å². The second kappa shape index (κ2) is 8.70. The Morgan fingerprint density at radius 1 is 1.22 bits per heavy atom. The van der Waals surface area contributed by atoms with E-state index in [4.69, 9.17) is 4.98 Å². The predicted octanol–water partition coefficient (Wildman–Crippen LogP) is 3.60. The lowest BCUT2D eigenvalue weighted by atomic mass is 9.98. The molecule has 0 saturated carbocycles. The Labute approximate surface area is 188 Å². The number of benzene rings is 1. The van der Waals surface area contributed by atoms with Gasteiger partial charge in [0.15, 0.2) is 11.5 Å². The summed E-state index contributed by atoms with van der Waals surface area (Å²) in [6.07, 6.45) is 5.73. The molecule has 1 aliphatic heterocycles. The number of H-pyrrole nitrogens is 1. The summed E-state index contributed by atoms with van der Waals surface area (Å²) >= 11 is 0. The normalized spacial score (nSPS) is 17.2. The van der Waals surface area contributed by atoms with E-state index in [1.165, 1.54) is 24.9 Å². The van der Waals surface area contributed by atoms with Gasteiger partial charge in [-0.3, -0.25) is 0 Å². The molecule has 8 heteroatoms. The van der Waals surface area contributed by atoms with Crippen LogP contribution in [-0.4, -0.2) is 63.5 Å². The third kappa shape index (κ3) is 4.10. The summed E-state index contributed by atoms with van der Waals surface area (Å²) in [5, 5.41) is 4.62. The van der Waals surface area contributed by atoms with Crippen molar-refractivity contribution in [2.24, 2.45) is 5.92 Å². The molecular weight excluding hydrogens is 400 g/mol. The van der Waals surface area contributed by atoms with Crippen LogP contribution < -0.4 is 10.2 Å². The van der Waals surface area contributed by atoms with Gasteiger partial charge in [-0.25, -0.2) is 19.9 Å². The molecule has 166 valence electrons. The number of nitrogens with one attached hydrogen (secondary N) is 2. The summed E-state index contributed by atoms with van der Waals surface area (Å²) in [5.74, 6) is 2.41. The standard InChI is InChI=1S/C24H30N8/c1-16-6-4-8-18-10-19(11-25-22-21-23(27-14-26-21)29-15-28-22)24(30-20(16)18)32(3)13-17-7-5-9-31(2)12-17/h4,6,8,10,14-15,17H,5,7,9,11-13H2,1-3H3,(H2,25,26,27,28,29). The number of imidazole rings is 1. The highest BCUT2D eigenvalue weighted by molar-refractivity contribution is 5.85. The van der Waals surface area contributed by atoms with Gasteiger partial charge in [-0.2, -0.15) is 0 Å². The van der Waals surface area contributed by atoms with Crippen molar-refractivity contribution in [3.05, 3.63) is 48.0 Å². The molecule has 1 fully saturated rings. The number of aromatic amines is 1. The van der Waals surface area contributed by atoms with Crippen LogP contribution in [0.1, 0.15) is 24.0 Å². The second-order valence-electron chi connectivity index (χ2n) is 8.94. The monoisotopic (exact) mass is 430 g/mol.